The van der Waals surface area contributed by atoms with Crippen LogP contribution in [0.15, 0.2) is 67.0 Å². The van der Waals surface area contributed by atoms with Gasteiger partial charge < -0.3 is 10.1 Å². The predicted octanol–water partition coefficient (Wildman–Crippen LogP) is 4.72. The topological polar surface area (TPSA) is 51.2 Å². The number of alkyl carbamates (subject to hydrolysis) is 1. The van der Waals surface area contributed by atoms with Crippen molar-refractivity contribution in [1.82, 2.24) is 10.3 Å². The first-order chi connectivity index (χ1) is 13.0. The molecule has 0 unspecified atom stereocenters. The summed E-state index contributed by atoms with van der Waals surface area (Å²) in [6.45, 7) is 1.71. The number of nitrogens with zero attached hydrogens (tertiary/aromatic N) is 1. The van der Waals surface area contributed by atoms with Crippen molar-refractivity contribution in [2.45, 2.75) is 18.6 Å². The molecule has 1 fully saturated rings. The number of amides is 1. The molecule has 0 radical (unpaired) electrons. The summed E-state index contributed by atoms with van der Waals surface area (Å²) in [7, 11) is 0. The molecule has 0 bridgehead atoms. The van der Waals surface area contributed by atoms with Gasteiger partial charge in [-0.1, -0.05) is 30.3 Å². The fraction of sp³-hybridized carbons (Fsp3) is 0.143. The summed E-state index contributed by atoms with van der Waals surface area (Å²) in [5.41, 5.74) is 1.29. The van der Waals surface area contributed by atoms with Crippen LogP contribution in [-0.2, 0) is 10.3 Å². The van der Waals surface area contributed by atoms with Crippen LogP contribution in [0, 0.1) is 11.6 Å². The molecule has 4 nitrogen and oxygen atoms in total. The fourth-order valence-electron chi connectivity index (χ4n) is 3.36. The van der Waals surface area contributed by atoms with Crippen LogP contribution in [0.1, 0.15) is 24.2 Å². The van der Waals surface area contributed by atoms with Crippen molar-refractivity contribution >= 4 is 6.09 Å². The Bertz CT molecular complexity index is 1010. The highest BCUT2D eigenvalue weighted by molar-refractivity contribution is 5.73. The van der Waals surface area contributed by atoms with E-state index < -0.39 is 29.4 Å². The summed E-state index contributed by atoms with van der Waals surface area (Å²) in [6, 6.07) is 14.6. The van der Waals surface area contributed by atoms with Gasteiger partial charge in [-0.15, -0.1) is 0 Å². The van der Waals surface area contributed by atoms with Crippen LogP contribution in [0.3, 0.4) is 0 Å². The number of cyclic esters (lactones) is 1. The van der Waals surface area contributed by atoms with E-state index in [0.717, 1.165) is 29.3 Å². The molecule has 4 rings (SSSR count). The predicted molar refractivity (Wildman–Crippen MR) is 95.7 cm³/mol. The largest absolute Gasteiger partial charge is 0.438 e. The number of hydrogen-bond donors (Lipinski definition) is 1. The first-order valence-corrected chi connectivity index (χ1v) is 8.42. The maximum atomic E-state index is 14.4. The lowest BCUT2D eigenvalue weighted by molar-refractivity contribution is 0.109. The third-order valence-corrected chi connectivity index (χ3v) is 4.80. The molecule has 1 aromatic heterocycles. The Labute approximate surface area is 154 Å². The van der Waals surface area contributed by atoms with E-state index in [2.05, 4.69) is 10.3 Å². The molecule has 0 spiro atoms. The zero-order valence-electron chi connectivity index (χ0n) is 14.4. The molecule has 1 aliphatic heterocycles. The number of carbonyl (C=O) groups excluding carboxylic acids is 1. The molecule has 136 valence electrons. The van der Waals surface area contributed by atoms with Gasteiger partial charge in [0.05, 0.1) is 0 Å². The number of benzene rings is 2. The lowest BCUT2D eigenvalue weighted by Crippen LogP contribution is -2.39. The van der Waals surface area contributed by atoms with Crippen LogP contribution in [0.25, 0.3) is 11.1 Å². The molecule has 6 heteroatoms. The number of rotatable bonds is 3. The Balaban J connectivity index is 1.81. The molecular formula is C21H16F2N2O2. The normalized spacial score (nSPS) is 21.6. The van der Waals surface area contributed by atoms with E-state index in [-0.39, 0.29) is 5.56 Å². The molecule has 2 aromatic carbocycles. The Morgan fingerprint density at radius 2 is 1.81 bits per heavy atom. The highest BCUT2D eigenvalue weighted by Gasteiger charge is 2.48. The zero-order valence-corrected chi connectivity index (χ0v) is 14.4. The second kappa shape index (κ2) is 6.46. The number of ether oxygens (including phenoxy) is 1. The van der Waals surface area contributed by atoms with Gasteiger partial charge in [0.15, 0.2) is 6.10 Å². The van der Waals surface area contributed by atoms with E-state index in [4.69, 9.17) is 4.74 Å². The molecule has 2 heterocycles. The van der Waals surface area contributed by atoms with E-state index in [9.17, 15) is 13.6 Å². The molecule has 0 saturated carbocycles. The van der Waals surface area contributed by atoms with Crippen LogP contribution in [0.2, 0.25) is 0 Å². The number of halogens is 2. The summed E-state index contributed by atoms with van der Waals surface area (Å²) in [5.74, 6) is -1.25. The molecule has 0 aliphatic carbocycles. The molecule has 3 aromatic rings. The number of nitrogens with one attached hydrogen (secondary N) is 1. The second-order valence-corrected chi connectivity index (χ2v) is 6.61. The summed E-state index contributed by atoms with van der Waals surface area (Å²) >= 11 is 0. The lowest BCUT2D eigenvalue weighted by Gasteiger charge is -2.29. The Morgan fingerprint density at radius 1 is 1.04 bits per heavy atom. The molecule has 1 saturated heterocycles. The number of hydrogen-bond acceptors (Lipinski definition) is 3. The monoisotopic (exact) mass is 366 g/mol. The van der Waals surface area contributed by atoms with Crippen LogP contribution in [0.5, 0.6) is 0 Å². The SMILES string of the molecule is C[C@]1(c2cncc(-c3ccccc3)c2)NC(=O)O[C@H]1c1cc(F)ccc1F. The maximum absolute atomic E-state index is 14.4. The maximum Gasteiger partial charge on any atom is 0.408 e. The van der Waals surface area contributed by atoms with Crippen LogP contribution < -0.4 is 5.32 Å². The average molecular weight is 366 g/mol. The molecule has 1 N–H and O–H groups in total. The number of aromatic nitrogens is 1. The quantitative estimate of drug-likeness (QED) is 0.730. The second-order valence-electron chi connectivity index (χ2n) is 6.61. The minimum absolute atomic E-state index is 0.0269. The van der Waals surface area contributed by atoms with Crippen molar-refractivity contribution in [2.24, 2.45) is 0 Å². The van der Waals surface area contributed by atoms with Crippen LogP contribution >= 0.6 is 0 Å². The van der Waals surface area contributed by atoms with E-state index in [0.29, 0.717) is 5.56 Å². The van der Waals surface area contributed by atoms with Gasteiger partial charge in [-0.3, -0.25) is 4.98 Å². The van der Waals surface area contributed by atoms with Gasteiger partial charge >= 0.3 is 6.09 Å². The Hall–Kier alpha value is -3.28. The molecule has 1 amide bonds. The first kappa shape index (κ1) is 17.1. The van der Waals surface area contributed by atoms with Crippen LogP contribution in [0.4, 0.5) is 13.6 Å². The van der Waals surface area contributed by atoms with E-state index in [1.165, 1.54) is 0 Å². The standard InChI is InChI=1S/C21H16F2N2O2/c1-21(15-9-14(11-24-12-15)13-5-3-2-4-6-13)19(27-20(26)25-21)17-10-16(22)7-8-18(17)23/h2-12,19H,1H3,(H,25,26)/t19-,21+/m0/s1. The van der Waals surface area contributed by atoms with Crippen molar-refractivity contribution in [2.75, 3.05) is 0 Å². The van der Waals surface area contributed by atoms with E-state index in [1.54, 1.807) is 19.3 Å². The zero-order chi connectivity index (χ0) is 19.0. The van der Waals surface area contributed by atoms with Gasteiger partial charge in [0.1, 0.15) is 17.2 Å². The highest BCUT2D eigenvalue weighted by Crippen LogP contribution is 2.43. The van der Waals surface area contributed by atoms with Crippen molar-refractivity contribution in [1.29, 1.82) is 0 Å². The van der Waals surface area contributed by atoms with Crippen molar-refractivity contribution in [3.05, 3.63) is 89.8 Å². The van der Waals surface area contributed by atoms with Gasteiger partial charge in [0, 0.05) is 29.1 Å². The third-order valence-electron chi connectivity index (χ3n) is 4.80. The smallest absolute Gasteiger partial charge is 0.408 e. The Morgan fingerprint density at radius 3 is 2.59 bits per heavy atom. The molecule has 1 aliphatic rings. The minimum atomic E-state index is -1.11. The number of carbonyl (C=O) groups is 1. The number of pyridine rings is 1. The van der Waals surface area contributed by atoms with Crippen molar-refractivity contribution < 1.29 is 18.3 Å². The highest BCUT2D eigenvalue weighted by atomic mass is 19.1. The lowest BCUT2D eigenvalue weighted by atomic mass is 9.83. The van der Waals surface area contributed by atoms with E-state index >= 15 is 0 Å². The van der Waals surface area contributed by atoms with Gasteiger partial charge in [-0.05, 0) is 36.8 Å². The van der Waals surface area contributed by atoms with Crippen LogP contribution in [-0.4, -0.2) is 11.1 Å². The van der Waals surface area contributed by atoms with Crippen molar-refractivity contribution in [3.63, 3.8) is 0 Å². The summed E-state index contributed by atoms with van der Waals surface area (Å²) in [4.78, 5) is 16.3. The Kier molecular flexibility index (Phi) is 4.11. The molecular weight excluding hydrogens is 350 g/mol. The summed E-state index contributed by atoms with van der Waals surface area (Å²) in [6.07, 6.45) is 1.56. The van der Waals surface area contributed by atoms with Gasteiger partial charge in [0.2, 0.25) is 0 Å². The minimum Gasteiger partial charge on any atom is -0.438 e. The third kappa shape index (κ3) is 3.03. The van der Waals surface area contributed by atoms with E-state index in [1.807, 2.05) is 36.4 Å². The summed E-state index contributed by atoms with van der Waals surface area (Å²) in [5, 5.41) is 2.73. The fourth-order valence-corrected chi connectivity index (χ4v) is 3.36. The van der Waals surface area contributed by atoms with Gasteiger partial charge in [-0.2, -0.15) is 0 Å². The summed E-state index contributed by atoms with van der Waals surface area (Å²) < 4.78 is 33.4. The molecule has 27 heavy (non-hydrogen) atoms. The van der Waals surface area contributed by atoms with Gasteiger partial charge in [-0.25, -0.2) is 13.6 Å². The average Bonchev–Trinajstić information content (AvgIpc) is 3.00. The van der Waals surface area contributed by atoms with Gasteiger partial charge in [0.25, 0.3) is 0 Å². The van der Waals surface area contributed by atoms with Crippen molar-refractivity contribution in [3.8, 4) is 11.1 Å². The molecule has 2 atom stereocenters. The first-order valence-electron chi connectivity index (χ1n) is 8.42.